The number of rotatable bonds is 6. The summed E-state index contributed by atoms with van der Waals surface area (Å²) < 4.78 is 0. The van der Waals surface area contributed by atoms with E-state index in [9.17, 15) is 4.79 Å². The molecule has 86 valence electrons. The summed E-state index contributed by atoms with van der Waals surface area (Å²) >= 11 is 0. The number of hydrogen-bond acceptors (Lipinski definition) is 2. The van der Waals surface area contributed by atoms with Crippen molar-refractivity contribution in [3.63, 3.8) is 0 Å². The van der Waals surface area contributed by atoms with Crippen LogP contribution in [0.1, 0.15) is 24.8 Å². The minimum Gasteiger partial charge on any atom is -0.508 e. The highest BCUT2D eigenvalue weighted by Gasteiger charge is 1.93. The van der Waals surface area contributed by atoms with Crippen LogP contribution in [0.5, 0.6) is 5.75 Å². The second kappa shape index (κ2) is 6.67. The van der Waals surface area contributed by atoms with E-state index in [-0.39, 0.29) is 12.2 Å². The molecule has 0 aromatic heterocycles. The van der Waals surface area contributed by atoms with Crippen molar-refractivity contribution in [1.29, 1.82) is 0 Å². The summed E-state index contributed by atoms with van der Waals surface area (Å²) in [6, 6.07) is 7.12. The van der Waals surface area contributed by atoms with Gasteiger partial charge in [-0.05, 0) is 37.0 Å². The average molecular weight is 220 g/mol. The molecule has 16 heavy (non-hydrogen) atoms. The molecular formula is C13H16O3. The van der Waals surface area contributed by atoms with Gasteiger partial charge in [-0.3, -0.25) is 4.79 Å². The normalized spacial score (nSPS) is 10.8. The van der Waals surface area contributed by atoms with E-state index in [1.807, 2.05) is 24.3 Å². The fourth-order valence-corrected chi connectivity index (χ4v) is 1.36. The Kier molecular flexibility index (Phi) is 5.12. The molecule has 3 nitrogen and oxygen atoms in total. The zero-order chi connectivity index (χ0) is 11.8. The number of aryl methyl sites for hydroxylation is 1. The summed E-state index contributed by atoms with van der Waals surface area (Å²) in [5.41, 5.74) is 1.17. The maximum atomic E-state index is 10.2. The van der Waals surface area contributed by atoms with Crippen LogP contribution in [0.25, 0.3) is 0 Å². The van der Waals surface area contributed by atoms with Gasteiger partial charge < -0.3 is 10.2 Å². The number of carboxylic acids is 1. The van der Waals surface area contributed by atoms with E-state index < -0.39 is 5.97 Å². The number of hydrogen-bond donors (Lipinski definition) is 2. The van der Waals surface area contributed by atoms with E-state index in [0.717, 1.165) is 12.8 Å². The van der Waals surface area contributed by atoms with Crippen molar-refractivity contribution < 1.29 is 15.0 Å². The van der Waals surface area contributed by atoms with Crippen molar-refractivity contribution >= 4 is 5.97 Å². The topological polar surface area (TPSA) is 57.5 Å². The predicted octanol–water partition coefficient (Wildman–Crippen LogP) is 2.75. The fraction of sp³-hybridized carbons (Fsp3) is 0.308. The molecule has 1 rings (SSSR count). The average Bonchev–Trinajstić information content (AvgIpc) is 2.25. The van der Waals surface area contributed by atoms with Crippen molar-refractivity contribution in [2.75, 3.05) is 0 Å². The Morgan fingerprint density at radius 1 is 1.12 bits per heavy atom. The predicted molar refractivity (Wildman–Crippen MR) is 62.4 cm³/mol. The molecular weight excluding hydrogens is 204 g/mol. The molecule has 1 aromatic carbocycles. The standard InChI is InChI=1S/C13H16O3/c14-12-9-7-11(8-10-12)5-3-1-2-4-6-13(15)16/h1-2,7-10,14H,3-6H2,(H,15,16). The molecule has 0 aliphatic carbocycles. The Morgan fingerprint density at radius 3 is 2.38 bits per heavy atom. The van der Waals surface area contributed by atoms with Gasteiger partial charge in [0.2, 0.25) is 0 Å². The Balaban J connectivity index is 2.20. The highest BCUT2D eigenvalue weighted by atomic mass is 16.4. The van der Waals surface area contributed by atoms with E-state index in [4.69, 9.17) is 10.2 Å². The lowest BCUT2D eigenvalue weighted by Gasteiger charge is -1.98. The van der Waals surface area contributed by atoms with Gasteiger partial charge in [0.15, 0.2) is 0 Å². The molecule has 1 aromatic rings. The molecule has 0 saturated heterocycles. The summed E-state index contributed by atoms with van der Waals surface area (Å²) in [7, 11) is 0. The van der Waals surface area contributed by atoms with Crippen LogP contribution in [-0.4, -0.2) is 16.2 Å². The lowest BCUT2D eigenvalue weighted by atomic mass is 10.1. The van der Waals surface area contributed by atoms with Crippen LogP contribution in [0, 0.1) is 0 Å². The van der Waals surface area contributed by atoms with Gasteiger partial charge in [-0.15, -0.1) is 0 Å². The van der Waals surface area contributed by atoms with E-state index in [1.54, 1.807) is 12.1 Å². The second-order valence-electron chi connectivity index (χ2n) is 3.61. The van der Waals surface area contributed by atoms with Crippen molar-refractivity contribution in [2.24, 2.45) is 0 Å². The molecule has 0 bridgehead atoms. The molecule has 0 fully saturated rings. The molecule has 0 spiro atoms. The van der Waals surface area contributed by atoms with Gasteiger partial charge in [0.05, 0.1) is 0 Å². The van der Waals surface area contributed by atoms with E-state index in [1.165, 1.54) is 5.56 Å². The van der Waals surface area contributed by atoms with Crippen LogP contribution >= 0.6 is 0 Å². The number of carbonyl (C=O) groups is 1. The van der Waals surface area contributed by atoms with Crippen LogP contribution in [0.2, 0.25) is 0 Å². The molecule has 0 radical (unpaired) electrons. The molecule has 0 saturated carbocycles. The fourth-order valence-electron chi connectivity index (χ4n) is 1.36. The monoisotopic (exact) mass is 220 g/mol. The third-order valence-corrected chi connectivity index (χ3v) is 2.23. The van der Waals surface area contributed by atoms with E-state index in [0.29, 0.717) is 6.42 Å². The Bertz CT molecular complexity index is 352. The van der Waals surface area contributed by atoms with E-state index in [2.05, 4.69) is 0 Å². The number of allylic oxidation sites excluding steroid dienone is 2. The minimum absolute atomic E-state index is 0.190. The van der Waals surface area contributed by atoms with Gasteiger partial charge in [0, 0.05) is 6.42 Å². The molecule has 0 amide bonds. The van der Waals surface area contributed by atoms with Crippen LogP contribution < -0.4 is 0 Å². The molecule has 0 aliphatic heterocycles. The minimum atomic E-state index is -0.761. The van der Waals surface area contributed by atoms with Crippen LogP contribution in [0.3, 0.4) is 0 Å². The first-order valence-electron chi connectivity index (χ1n) is 5.33. The number of aromatic hydroxyl groups is 1. The SMILES string of the molecule is O=C(O)CCC=CCCc1ccc(O)cc1. The van der Waals surface area contributed by atoms with Gasteiger partial charge in [-0.2, -0.15) is 0 Å². The Hall–Kier alpha value is -1.77. The zero-order valence-corrected chi connectivity index (χ0v) is 9.10. The molecule has 0 heterocycles. The van der Waals surface area contributed by atoms with Gasteiger partial charge in [0.1, 0.15) is 5.75 Å². The zero-order valence-electron chi connectivity index (χ0n) is 9.10. The van der Waals surface area contributed by atoms with Gasteiger partial charge in [0.25, 0.3) is 0 Å². The van der Waals surface area contributed by atoms with E-state index >= 15 is 0 Å². The molecule has 0 atom stereocenters. The third-order valence-electron chi connectivity index (χ3n) is 2.23. The Labute approximate surface area is 95.0 Å². The van der Waals surface area contributed by atoms with Crippen molar-refractivity contribution in [2.45, 2.75) is 25.7 Å². The summed E-state index contributed by atoms with van der Waals surface area (Å²) in [4.78, 5) is 10.2. The third kappa shape index (κ3) is 5.20. The highest BCUT2D eigenvalue weighted by molar-refractivity contribution is 5.66. The number of aliphatic carboxylic acids is 1. The summed E-state index contributed by atoms with van der Waals surface area (Å²) in [5.74, 6) is -0.482. The quantitative estimate of drug-likeness (QED) is 0.725. The van der Waals surface area contributed by atoms with Crippen LogP contribution in [-0.2, 0) is 11.2 Å². The smallest absolute Gasteiger partial charge is 0.303 e. The maximum absolute atomic E-state index is 10.2. The number of benzene rings is 1. The van der Waals surface area contributed by atoms with Crippen LogP contribution in [0.15, 0.2) is 36.4 Å². The number of phenols is 1. The number of phenolic OH excluding ortho intramolecular Hbond substituents is 1. The Morgan fingerprint density at radius 2 is 1.75 bits per heavy atom. The van der Waals surface area contributed by atoms with Gasteiger partial charge in [-0.1, -0.05) is 24.3 Å². The molecule has 3 heteroatoms. The first-order chi connectivity index (χ1) is 7.68. The summed E-state index contributed by atoms with van der Waals surface area (Å²) in [6.07, 6.45) is 6.47. The molecule has 2 N–H and O–H groups in total. The second-order valence-corrected chi connectivity index (χ2v) is 3.61. The van der Waals surface area contributed by atoms with Crippen molar-refractivity contribution in [3.05, 3.63) is 42.0 Å². The summed E-state index contributed by atoms with van der Waals surface area (Å²) in [6.45, 7) is 0. The largest absolute Gasteiger partial charge is 0.508 e. The van der Waals surface area contributed by atoms with Gasteiger partial charge >= 0.3 is 5.97 Å². The summed E-state index contributed by atoms with van der Waals surface area (Å²) in [5, 5.41) is 17.5. The lowest BCUT2D eigenvalue weighted by molar-refractivity contribution is -0.136. The van der Waals surface area contributed by atoms with Crippen LogP contribution in [0.4, 0.5) is 0 Å². The molecule has 0 unspecified atom stereocenters. The first-order valence-corrected chi connectivity index (χ1v) is 5.33. The van der Waals surface area contributed by atoms with Gasteiger partial charge in [-0.25, -0.2) is 0 Å². The maximum Gasteiger partial charge on any atom is 0.303 e. The van der Waals surface area contributed by atoms with Crippen molar-refractivity contribution in [3.8, 4) is 5.75 Å². The highest BCUT2D eigenvalue weighted by Crippen LogP contribution is 2.11. The number of carboxylic acid groups (broad SMARTS) is 1. The van der Waals surface area contributed by atoms with Crippen molar-refractivity contribution in [1.82, 2.24) is 0 Å². The lowest BCUT2D eigenvalue weighted by Crippen LogP contribution is -1.91. The first kappa shape index (κ1) is 12.3. The molecule has 0 aliphatic rings.